The smallest absolute Gasteiger partial charge is 0.319 e. The van der Waals surface area contributed by atoms with Gasteiger partial charge in [-0.3, -0.25) is 4.21 Å². The molecule has 2 atom stereocenters. The number of hydrogen-bond donors (Lipinski definition) is 2. The Morgan fingerprint density at radius 3 is 2.57 bits per heavy atom. The first-order valence-electron chi connectivity index (χ1n) is 7.15. The van der Waals surface area contributed by atoms with Gasteiger partial charge in [0.05, 0.1) is 6.04 Å². The van der Waals surface area contributed by atoms with Crippen LogP contribution in [0.1, 0.15) is 11.6 Å². The van der Waals surface area contributed by atoms with Crippen molar-refractivity contribution in [1.29, 1.82) is 0 Å². The minimum atomic E-state index is -1.07. The van der Waals surface area contributed by atoms with Crippen LogP contribution in [0.4, 0.5) is 10.5 Å². The zero-order valence-electron chi connectivity index (χ0n) is 13.1. The zero-order chi connectivity index (χ0) is 16.7. The maximum Gasteiger partial charge on any atom is 0.319 e. The fourth-order valence-corrected chi connectivity index (χ4v) is 3.32. The van der Waals surface area contributed by atoms with Crippen molar-refractivity contribution in [3.63, 3.8) is 0 Å². The van der Waals surface area contributed by atoms with E-state index in [4.69, 9.17) is 0 Å². The first-order valence-corrected chi connectivity index (χ1v) is 10.1. The van der Waals surface area contributed by atoms with Crippen molar-refractivity contribution in [2.75, 3.05) is 23.6 Å². The second kappa shape index (κ2) is 8.74. The van der Waals surface area contributed by atoms with Crippen LogP contribution >= 0.6 is 11.8 Å². The van der Waals surface area contributed by atoms with Crippen LogP contribution in [-0.2, 0) is 10.8 Å². The Kier molecular flexibility index (Phi) is 6.67. The molecular formula is C17H20N2O2S2. The van der Waals surface area contributed by atoms with E-state index < -0.39 is 10.8 Å². The summed E-state index contributed by atoms with van der Waals surface area (Å²) in [7, 11) is -1.07. The fraction of sp³-hybridized carbons (Fsp3) is 0.235. The molecule has 0 saturated heterocycles. The predicted molar refractivity (Wildman–Crippen MR) is 98.5 cm³/mol. The molecule has 0 heterocycles. The highest BCUT2D eigenvalue weighted by Gasteiger charge is 2.14. The molecule has 122 valence electrons. The first-order chi connectivity index (χ1) is 11.1. The van der Waals surface area contributed by atoms with Crippen molar-refractivity contribution < 1.29 is 9.00 Å². The Hall–Kier alpha value is -1.79. The molecule has 0 aliphatic heterocycles. The second-order valence-electron chi connectivity index (χ2n) is 5.00. The highest BCUT2D eigenvalue weighted by molar-refractivity contribution is 7.98. The maximum absolute atomic E-state index is 12.2. The third-order valence-electron chi connectivity index (χ3n) is 3.26. The molecule has 2 aromatic rings. The van der Waals surface area contributed by atoms with Gasteiger partial charge in [0.2, 0.25) is 0 Å². The van der Waals surface area contributed by atoms with E-state index in [0.717, 1.165) is 11.3 Å². The fourth-order valence-electron chi connectivity index (χ4n) is 2.15. The van der Waals surface area contributed by atoms with Crippen LogP contribution < -0.4 is 10.6 Å². The molecule has 0 aromatic heterocycles. The van der Waals surface area contributed by atoms with E-state index in [1.165, 1.54) is 0 Å². The number of hydrogen-bond acceptors (Lipinski definition) is 3. The standard InChI is InChI=1S/C17H20N2O2S2/c1-22-12-16(13-7-4-3-5-8-13)19-17(20)18-14-9-6-10-15(11-14)23(2)21/h3-11,16H,12H2,1-2H3,(H2,18,19,20)/t16-,23+/m0/s1. The van der Waals surface area contributed by atoms with Crippen LogP contribution in [0.2, 0.25) is 0 Å². The summed E-state index contributed by atoms with van der Waals surface area (Å²) in [5.41, 5.74) is 1.70. The Morgan fingerprint density at radius 2 is 1.91 bits per heavy atom. The van der Waals surface area contributed by atoms with Crippen molar-refractivity contribution in [1.82, 2.24) is 5.32 Å². The molecule has 23 heavy (non-hydrogen) atoms. The summed E-state index contributed by atoms with van der Waals surface area (Å²) in [6.07, 6.45) is 3.62. The molecule has 0 fully saturated rings. The van der Waals surface area contributed by atoms with Crippen LogP contribution in [0.25, 0.3) is 0 Å². The topological polar surface area (TPSA) is 58.2 Å². The van der Waals surface area contributed by atoms with Crippen LogP contribution in [-0.4, -0.2) is 28.5 Å². The van der Waals surface area contributed by atoms with Gasteiger partial charge in [0.15, 0.2) is 0 Å². The monoisotopic (exact) mass is 348 g/mol. The van der Waals surface area contributed by atoms with Gasteiger partial charge in [-0.1, -0.05) is 36.4 Å². The largest absolute Gasteiger partial charge is 0.330 e. The quantitative estimate of drug-likeness (QED) is 0.838. The van der Waals surface area contributed by atoms with Crippen LogP contribution in [0, 0.1) is 0 Å². The van der Waals surface area contributed by atoms with E-state index >= 15 is 0 Å². The molecule has 2 rings (SSSR count). The Labute approximate surface area is 143 Å². The molecule has 2 aromatic carbocycles. The average molecular weight is 348 g/mol. The number of thioether (sulfide) groups is 1. The number of anilines is 1. The van der Waals surface area contributed by atoms with E-state index in [1.807, 2.05) is 36.6 Å². The predicted octanol–water partition coefficient (Wildman–Crippen LogP) is 3.65. The lowest BCUT2D eigenvalue weighted by molar-refractivity contribution is 0.249. The van der Waals surface area contributed by atoms with E-state index in [-0.39, 0.29) is 12.1 Å². The molecule has 2 amide bonds. The van der Waals surface area contributed by atoms with Crippen molar-refractivity contribution in [2.45, 2.75) is 10.9 Å². The number of benzene rings is 2. The lowest BCUT2D eigenvalue weighted by Crippen LogP contribution is -2.33. The minimum Gasteiger partial charge on any atom is -0.330 e. The first kappa shape index (κ1) is 17.6. The Balaban J connectivity index is 2.05. The molecule has 0 aliphatic rings. The molecule has 0 radical (unpaired) electrons. The van der Waals surface area contributed by atoms with E-state index in [9.17, 15) is 9.00 Å². The third kappa shape index (κ3) is 5.41. The molecule has 0 unspecified atom stereocenters. The Morgan fingerprint density at radius 1 is 1.17 bits per heavy atom. The molecular weight excluding hydrogens is 328 g/mol. The van der Waals surface area contributed by atoms with Gasteiger partial charge in [-0.05, 0) is 30.0 Å². The number of carbonyl (C=O) groups excluding carboxylic acids is 1. The van der Waals surface area contributed by atoms with Gasteiger partial charge in [-0.25, -0.2) is 4.79 Å². The van der Waals surface area contributed by atoms with Crippen LogP contribution in [0.3, 0.4) is 0 Å². The zero-order valence-corrected chi connectivity index (χ0v) is 14.7. The number of urea groups is 1. The van der Waals surface area contributed by atoms with Crippen LogP contribution in [0.15, 0.2) is 59.5 Å². The van der Waals surface area contributed by atoms with Gasteiger partial charge in [0.25, 0.3) is 0 Å². The van der Waals surface area contributed by atoms with E-state index in [1.54, 1.807) is 42.3 Å². The number of rotatable bonds is 6. The molecule has 0 aliphatic carbocycles. The minimum absolute atomic E-state index is 0.0605. The highest BCUT2D eigenvalue weighted by Crippen LogP contribution is 2.18. The highest BCUT2D eigenvalue weighted by atomic mass is 32.2. The molecule has 0 spiro atoms. The van der Waals surface area contributed by atoms with Gasteiger partial charge in [-0.2, -0.15) is 11.8 Å². The normalized spacial score (nSPS) is 13.1. The van der Waals surface area contributed by atoms with Gasteiger partial charge in [0, 0.05) is 33.4 Å². The lowest BCUT2D eigenvalue weighted by Gasteiger charge is -2.19. The second-order valence-corrected chi connectivity index (χ2v) is 7.29. The van der Waals surface area contributed by atoms with Gasteiger partial charge >= 0.3 is 6.03 Å². The summed E-state index contributed by atoms with van der Waals surface area (Å²) < 4.78 is 11.5. The Bertz CT molecular complexity index is 677. The van der Waals surface area contributed by atoms with Gasteiger partial charge in [0.1, 0.15) is 0 Å². The number of carbonyl (C=O) groups is 1. The van der Waals surface area contributed by atoms with Crippen molar-refractivity contribution in [3.05, 3.63) is 60.2 Å². The molecule has 4 nitrogen and oxygen atoms in total. The molecule has 2 N–H and O–H groups in total. The number of amides is 2. The van der Waals surface area contributed by atoms with E-state index in [2.05, 4.69) is 10.6 Å². The third-order valence-corrected chi connectivity index (χ3v) is 4.85. The van der Waals surface area contributed by atoms with Crippen molar-refractivity contribution in [2.24, 2.45) is 0 Å². The van der Waals surface area contributed by atoms with Crippen LogP contribution in [0.5, 0.6) is 0 Å². The summed E-state index contributed by atoms with van der Waals surface area (Å²) in [6, 6.07) is 16.6. The SMILES string of the molecule is CSC[C@H](NC(=O)Nc1cccc([S@@](C)=O)c1)c1ccccc1. The van der Waals surface area contributed by atoms with E-state index in [0.29, 0.717) is 10.6 Å². The molecule has 0 saturated carbocycles. The summed E-state index contributed by atoms with van der Waals surface area (Å²) in [6.45, 7) is 0. The number of nitrogens with one attached hydrogen (secondary N) is 2. The average Bonchev–Trinajstić information content (AvgIpc) is 2.55. The summed E-state index contributed by atoms with van der Waals surface area (Å²) in [5.74, 6) is 0.788. The molecule has 6 heteroatoms. The summed E-state index contributed by atoms with van der Waals surface area (Å²) in [5, 5.41) is 5.79. The van der Waals surface area contributed by atoms with Gasteiger partial charge in [-0.15, -0.1) is 0 Å². The maximum atomic E-state index is 12.2. The lowest BCUT2D eigenvalue weighted by atomic mass is 10.1. The summed E-state index contributed by atoms with van der Waals surface area (Å²) >= 11 is 1.68. The van der Waals surface area contributed by atoms with Crippen molar-refractivity contribution in [3.8, 4) is 0 Å². The van der Waals surface area contributed by atoms with Gasteiger partial charge < -0.3 is 10.6 Å². The summed E-state index contributed by atoms with van der Waals surface area (Å²) in [4.78, 5) is 12.9. The van der Waals surface area contributed by atoms with Crippen molar-refractivity contribution >= 4 is 34.3 Å². The molecule has 0 bridgehead atoms.